The summed E-state index contributed by atoms with van der Waals surface area (Å²) < 4.78 is 54.0. The number of ether oxygens (including phenoxy) is 3. The monoisotopic (exact) mass is 626 g/mol. The predicted molar refractivity (Wildman–Crippen MR) is 156 cm³/mol. The highest BCUT2D eigenvalue weighted by atomic mass is 32.1. The number of para-hydroxylation sites is 1. The van der Waals surface area contributed by atoms with Crippen molar-refractivity contribution in [1.29, 1.82) is 0 Å². The average molecular weight is 627 g/mol. The van der Waals surface area contributed by atoms with Gasteiger partial charge in [-0.15, -0.1) is 23.4 Å². The van der Waals surface area contributed by atoms with Gasteiger partial charge in [0.05, 0.1) is 11.1 Å². The van der Waals surface area contributed by atoms with E-state index in [-0.39, 0.29) is 12.3 Å². The van der Waals surface area contributed by atoms with Gasteiger partial charge in [0.1, 0.15) is 22.7 Å². The van der Waals surface area contributed by atoms with Crippen molar-refractivity contribution in [3.63, 3.8) is 0 Å². The normalized spacial score (nSPS) is 16.2. The van der Waals surface area contributed by atoms with Crippen LogP contribution < -0.4 is 14.4 Å². The van der Waals surface area contributed by atoms with E-state index in [0.29, 0.717) is 31.8 Å². The molecule has 2 aromatic heterocycles. The molecule has 0 saturated carbocycles. The van der Waals surface area contributed by atoms with E-state index in [4.69, 9.17) is 9.47 Å². The van der Waals surface area contributed by atoms with Gasteiger partial charge in [-0.05, 0) is 61.4 Å². The number of piperidine rings is 1. The van der Waals surface area contributed by atoms with Crippen molar-refractivity contribution in [3.05, 3.63) is 71.9 Å². The van der Waals surface area contributed by atoms with Crippen molar-refractivity contribution in [1.82, 2.24) is 25.2 Å². The maximum absolute atomic E-state index is 12.7. The van der Waals surface area contributed by atoms with Crippen molar-refractivity contribution < 1.29 is 32.2 Å². The lowest BCUT2D eigenvalue weighted by Gasteiger charge is -2.43. The SMILES string of the molecule is CC(C)(C)OC(=O)Cn1nnc(-c2cnc(N3CCC4(C=C(c5ccc(OC(F)(F)F)cc5)c5ccccc5O4)CC3)s2)n1. The number of tetrazole rings is 1. The molecule has 0 amide bonds. The number of thiazole rings is 1. The van der Waals surface area contributed by atoms with Crippen LogP contribution in [-0.2, 0) is 16.1 Å². The molecule has 4 aromatic rings. The molecule has 4 heterocycles. The third kappa shape index (κ3) is 6.69. The van der Waals surface area contributed by atoms with Crippen molar-refractivity contribution in [2.75, 3.05) is 18.0 Å². The minimum Gasteiger partial charge on any atom is -0.482 e. The topological polar surface area (TPSA) is 104 Å². The lowest BCUT2D eigenvalue weighted by Crippen LogP contribution is -2.48. The first kappa shape index (κ1) is 29.6. The molecular weight excluding hydrogens is 597 g/mol. The molecule has 2 aliphatic rings. The maximum Gasteiger partial charge on any atom is 0.573 e. The molecule has 0 radical (unpaired) electrons. The van der Waals surface area contributed by atoms with Crippen LogP contribution in [0.15, 0.2) is 60.8 Å². The van der Waals surface area contributed by atoms with Gasteiger partial charge in [0.2, 0.25) is 5.82 Å². The average Bonchev–Trinajstić information content (AvgIpc) is 3.62. The van der Waals surface area contributed by atoms with Gasteiger partial charge in [0, 0.05) is 31.5 Å². The highest BCUT2D eigenvalue weighted by molar-refractivity contribution is 7.18. The Morgan fingerprint density at radius 2 is 1.80 bits per heavy atom. The molecule has 6 rings (SSSR count). The fourth-order valence-electron chi connectivity index (χ4n) is 5.18. The summed E-state index contributed by atoms with van der Waals surface area (Å²) in [5.41, 5.74) is 1.35. The quantitative estimate of drug-likeness (QED) is 0.242. The van der Waals surface area contributed by atoms with Gasteiger partial charge in [-0.1, -0.05) is 41.7 Å². The van der Waals surface area contributed by atoms with E-state index in [1.54, 1.807) is 39.1 Å². The van der Waals surface area contributed by atoms with E-state index >= 15 is 0 Å². The number of aromatic nitrogens is 5. The molecular formula is C30H29F3N6O4S. The lowest BCUT2D eigenvalue weighted by atomic mass is 9.83. The zero-order valence-electron chi connectivity index (χ0n) is 24.2. The highest BCUT2D eigenvalue weighted by Gasteiger charge is 2.40. The van der Waals surface area contributed by atoms with Gasteiger partial charge in [-0.25, -0.2) is 9.78 Å². The Hall–Kier alpha value is -4.46. The fourth-order valence-corrected chi connectivity index (χ4v) is 6.07. The highest BCUT2D eigenvalue weighted by Crippen LogP contribution is 2.44. The van der Waals surface area contributed by atoms with E-state index in [9.17, 15) is 18.0 Å². The molecule has 1 saturated heterocycles. The van der Waals surface area contributed by atoms with Crippen LogP contribution in [0.1, 0.15) is 44.7 Å². The third-order valence-corrected chi connectivity index (χ3v) is 8.09. The Kier molecular flexibility index (Phi) is 7.56. The minimum absolute atomic E-state index is 0.145. The number of anilines is 1. The number of nitrogens with zero attached hydrogens (tertiary/aromatic N) is 6. The molecule has 1 spiro atoms. The lowest BCUT2D eigenvalue weighted by molar-refractivity contribution is -0.274. The Morgan fingerprint density at radius 3 is 2.50 bits per heavy atom. The summed E-state index contributed by atoms with van der Waals surface area (Å²) in [4.78, 5) is 20.8. The number of fused-ring (bicyclic) bond motifs is 1. The summed E-state index contributed by atoms with van der Waals surface area (Å²) in [6.45, 7) is 6.56. The van der Waals surface area contributed by atoms with Crippen LogP contribution in [0.25, 0.3) is 16.3 Å². The number of halogens is 3. The van der Waals surface area contributed by atoms with Gasteiger partial charge < -0.3 is 19.1 Å². The third-order valence-electron chi connectivity index (χ3n) is 7.03. The largest absolute Gasteiger partial charge is 0.573 e. The first-order chi connectivity index (χ1) is 20.8. The van der Waals surface area contributed by atoms with Gasteiger partial charge in [0.25, 0.3) is 0 Å². The summed E-state index contributed by atoms with van der Waals surface area (Å²) in [6.07, 6.45) is 0.362. The zero-order chi connectivity index (χ0) is 31.1. The predicted octanol–water partition coefficient (Wildman–Crippen LogP) is 5.90. The van der Waals surface area contributed by atoms with Crippen molar-refractivity contribution in [3.8, 4) is 22.2 Å². The van der Waals surface area contributed by atoms with Gasteiger partial charge in [-0.3, -0.25) is 0 Å². The summed E-state index contributed by atoms with van der Waals surface area (Å²) in [6, 6.07) is 13.6. The number of carbonyl (C=O) groups excluding carboxylic acids is 1. The van der Waals surface area contributed by atoms with Crippen LogP contribution in [-0.4, -0.2) is 61.8 Å². The second-order valence-electron chi connectivity index (χ2n) is 11.5. The Bertz CT molecular complexity index is 1690. The molecule has 0 bridgehead atoms. The number of alkyl halides is 3. The molecule has 1 fully saturated rings. The number of carbonyl (C=O) groups is 1. The maximum atomic E-state index is 12.7. The minimum atomic E-state index is -4.75. The van der Waals surface area contributed by atoms with E-state index in [1.165, 1.54) is 28.3 Å². The first-order valence-corrected chi connectivity index (χ1v) is 14.7. The van der Waals surface area contributed by atoms with Gasteiger partial charge >= 0.3 is 12.3 Å². The summed E-state index contributed by atoms with van der Waals surface area (Å²) in [5, 5.41) is 13.2. The van der Waals surface area contributed by atoms with E-state index in [1.807, 2.05) is 24.3 Å². The zero-order valence-corrected chi connectivity index (χ0v) is 25.0. The van der Waals surface area contributed by atoms with Crippen LogP contribution in [0.3, 0.4) is 0 Å². The standard InChI is InChI=1S/C30H29F3N6O4S/c1-28(2,3)43-25(40)18-39-36-26(35-37-39)24-17-34-27(44-24)38-14-12-29(13-15-38)16-22(21-6-4-5-7-23(21)42-29)19-8-10-20(11-9-19)41-30(31,32)33/h4-11,16-17H,12-15,18H2,1-3H3. The molecule has 44 heavy (non-hydrogen) atoms. The molecule has 10 nitrogen and oxygen atoms in total. The summed E-state index contributed by atoms with van der Waals surface area (Å²) in [5.74, 6) is 0.378. The number of benzene rings is 2. The van der Waals surface area contributed by atoms with Crippen molar-refractivity contribution in [2.45, 2.75) is 57.7 Å². The summed E-state index contributed by atoms with van der Waals surface area (Å²) >= 11 is 1.43. The number of rotatable bonds is 6. The molecule has 0 atom stereocenters. The Balaban J connectivity index is 1.16. The second-order valence-corrected chi connectivity index (χ2v) is 12.5. The number of esters is 1. The number of hydrogen-bond donors (Lipinski definition) is 0. The van der Waals surface area contributed by atoms with Crippen LogP contribution >= 0.6 is 11.3 Å². The van der Waals surface area contributed by atoms with Gasteiger partial charge in [0.15, 0.2) is 11.7 Å². The number of hydrogen-bond acceptors (Lipinski definition) is 10. The molecule has 230 valence electrons. The molecule has 2 aromatic carbocycles. The Morgan fingerprint density at radius 1 is 1.07 bits per heavy atom. The molecule has 0 N–H and O–H groups in total. The first-order valence-electron chi connectivity index (χ1n) is 13.9. The van der Waals surface area contributed by atoms with Crippen LogP contribution in [0.4, 0.5) is 18.3 Å². The smallest absolute Gasteiger partial charge is 0.482 e. The van der Waals surface area contributed by atoms with E-state index in [2.05, 4.69) is 36.1 Å². The van der Waals surface area contributed by atoms with Crippen LogP contribution in [0.2, 0.25) is 0 Å². The van der Waals surface area contributed by atoms with Crippen LogP contribution in [0, 0.1) is 0 Å². The van der Waals surface area contributed by atoms with Crippen molar-refractivity contribution in [2.24, 2.45) is 0 Å². The second kappa shape index (κ2) is 11.2. The Labute approximate surface area is 255 Å². The van der Waals surface area contributed by atoms with Gasteiger partial charge in [-0.2, -0.15) is 4.80 Å². The van der Waals surface area contributed by atoms with E-state index < -0.39 is 23.5 Å². The van der Waals surface area contributed by atoms with Crippen molar-refractivity contribution >= 4 is 28.0 Å². The van der Waals surface area contributed by atoms with Crippen LogP contribution in [0.5, 0.6) is 11.5 Å². The fraction of sp³-hybridized carbons (Fsp3) is 0.367. The summed E-state index contributed by atoms with van der Waals surface area (Å²) in [7, 11) is 0. The molecule has 14 heteroatoms. The molecule has 2 aliphatic heterocycles. The molecule has 0 unspecified atom stereocenters. The van der Waals surface area contributed by atoms with E-state index in [0.717, 1.165) is 32.5 Å². The molecule has 0 aliphatic carbocycles.